The molecule has 0 bridgehead atoms. The second kappa shape index (κ2) is 11.0. The molecule has 0 aliphatic heterocycles. The summed E-state index contributed by atoms with van der Waals surface area (Å²) in [6, 6.07) is 16.1. The van der Waals surface area contributed by atoms with Gasteiger partial charge in [0, 0.05) is 24.0 Å². The van der Waals surface area contributed by atoms with Gasteiger partial charge in [0.05, 0.1) is 11.5 Å². The van der Waals surface area contributed by atoms with E-state index in [9.17, 15) is 13.2 Å². The van der Waals surface area contributed by atoms with Crippen LogP contribution in [0.4, 0.5) is 0 Å². The number of halogens is 1. The van der Waals surface area contributed by atoms with Crippen molar-refractivity contribution < 1.29 is 22.7 Å². The molecule has 32 heavy (non-hydrogen) atoms. The largest absolute Gasteiger partial charge is 0.494 e. The molecule has 1 aromatic heterocycles. The number of hydrogen-bond acceptors (Lipinski definition) is 6. The lowest BCUT2D eigenvalue weighted by Crippen LogP contribution is -2.35. The van der Waals surface area contributed by atoms with Gasteiger partial charge in [0.1, 0.15) is 16.7 Å². The van der Waals surface area contributed by atoms with Crippen LogP contribution in [-0.2, 0) is 14.6 Å². The fraction of sp³-hybridized carbons (Fsp3) is 0.217. The SMILES string of the molecule is CCOc1ccc(S(=O)(=O)C(CNC(=O)COc2ccc(Cl)cc2)c2cccnc2)cc1. The van der Waals surface area contributed by atoms with Gasteiger partial charge in [-0.05, 0) is 67.1 Å². The van der Waals surface area contributed by atoms with E-state index in [0.717, 1.165) is 0 Å². The van der Waals surface area contributed by atoms with Crippen LogP contribution in [0.25, 0.3) is 0 Å². The van der Waals surface area contributed by atoms with Crippen LogP contribution in [0.5, 0.6) is 11.5 Å². The van der Waals surface area contributed by atoms with Crippen molar-refractivity contribution in [1.82, 2.24) is 10.3 Å². The summed E-state index contributed by atoms with van der Waals surface area (Å²) in [5.41, 5.74) is 0.473. The van der Waals surface area contributed by atoms with Crippen LogP contribution in [0.3, 0.4) is 0 Å². The molecule has 1 unspecified atom stereocenters. The quantitative estimate of drug-likeness (QED) is 0.479. The molecule has 2 aromatic carbocycles. The summed E-state index contributed by atoms with van der Waals surface area (Å²) in [7, 11) is -3.82. The van der Waals surface area contributed by atoms with Gasteiger partial charge in [-0.3, -0.25) is 9.78 Å². The van der Waals surface area contributed by atoms with E-state index in [1.165, 1.54) is 18.3 Å². The Morgan fingerprint density at radius 1 is 1.03 bits per heavy atom. The normalized spacial score (nSPS) is 12.1. The number of rotatable bonds is 10. The maximum absolute atomic E-state index is 13.4. The first-order chi connectivity index (χ1) is 15.4. The molecule has 1 amide bonds. The number of sulfone groups is 1. The van der Waals surface area contributed by atoms with Gasteiger partial charge in [0.25, 0.3) is 5.91 Å². The summed E-state index contributed by atoms with van der Waals surface area (Å²) in [5, 5.41) is 2.19. The Bertz CT molecular complexity index is 1120. The molecule has 1 atom stereocenters. The van der Waals surface area contributed by atoms with Gasteiger partial charge in [-0.15, -0.1) is 0 Å². The third kappa shape index (κ3) is 6.21. The monoisotopic (exact) mass is 474 g/mol. The molecule has 168 valence electrons. The molecule has 1 heterocycles. The van der Waals surface area contributed by atoms with Crippen LogP contribution < -0.4 is 14.8 Å². The van der Waals surface area contributed by atoms with Crippen LogP contribution in [0.2, 0.25) is 5.02 Å². The van der Waals surface area contributed by atoms with Crippen molar-refractivity contribution in [2.24, 2.45) is 0 Å². The standard InChI is InChI=1S/C23H23ClN2O5S/c1-2-30-19-9-11-21(12-10-19)32(28,29)22(17-4-3-13-25-14-17)15-26-23(27)16-31-20-7-5-18(24)6-8-20/h3-14,22H,2,15-16H2,1H3,(H,26,27). The summed E-state index contributed by atoms with van der Waals surface area (Å²) in [5.74, 6) is 0.614. The van der Waals surface area contributed by atoms with Crippen molar-refractivity contribution in [1.29, 1.82) is 0 Å². The first kappa shape index (κ1) is 23.6. The molecular formula is C23H23ClN2O5S. The number of nitrogens with zero attached hydrogens (tertiary/aromatic N) is 1. The third-order valence-corrected chi connectivity index (χ3v) is 6.93. The Balaban J connectivity index is 1.73. The highest BCUT2D eigenvalue weighted by molar-refractivity contribution is 7.91. The lowest BCUT2D eigenvalue weighted by molar-refractivity contribution is -0.123. The average Bonchev–Trinajstić information content (AvgIpc) is 2.80. The minimum Gasteiger partial charge on any atom is -0.494 e. The molecule has 3 aromatic rings. The Hall–Kier alpha value is -3.10. The van der Waals surface area contributed by atoms with Crippen LogP contribution in [0.1, 0.15) is 17.7 Å². The average molecular weight is 475 g/mol. The molecule has 0 saturated heterocycles. The number of ether oxygens (including phenoxy) is 2. The van der Waals surface area contributed by atoms with Crippen molar-refractivity contribution in [2.45, 2.75) is 17.1 Å². The topological polar surface area (TPSA) is 94.6 Å². The van der Waals surface area contributed by atoms with Gasteiger partial charge in [-0.25, -0.2) is 8.42 Å². The Kier molecular flexibility index (Phi) is 8.08. The van der Waals surface area contributed by atoms with Crippen LogP contribution in [0.15, 0.2) is 78.0 Å². The Morgan fingerprint density at radius 3 is 2.31 bits per heavy atom. The lowest BCUT2D eigenvalue weighted by Gasteiger charge is -2.19. The summed E-state index contributed by atoms with van der Waals surface area (Å²) < 4.78 is 37.5. The Labute approximate surface area is 192 Å². The summed E-state index contributed by atoms with van der Waals surface area (Å²) in [4.78, 5) is 16.5. The molecule has 1 N–H and O–H groups in total. The number of nitrogens with one attached hydrogen (secondary N) is 1. The number of pyridine rings is 1. The zero-order chi connectivity index (χ0) is 23.0. The molecule has 0 radical (unpaired) electrons. The lowest BCUT2D eigenvalue weighted by atomic mass is 10.2. The van der Waals surface area contributed by atoms with Gasteiger partial charge in [-0.1, -0.05) is 17.7 Å². The molecule has 3 rings (SSSR count). The predicted molar refractivity (Wildman–Crippen MR) is 122 cm³/mol. The van der Waals surface area contributed by atoms with Crippen LogP contribution in [-0.4, -0.2) is 39.1 Å². The van der Waals surface area contributed by atoms with E-state index in [1.807, 2.05) is 6.92 Å². The number of carbonyl (C=O) groups excluding carboxylic acids is 1. The Morgan fingerprint density at radius 2 is 1.69 bits per heavy atom. The molecule has 0 aliphatic rings. The number of amides is 1. The highest BCUT2D eigenvalue weighted by Crippen LogP contribution is 2.29. The summed E-state index contributed by atoms with van der Waals surface area (Å²) in [6.07, 6.45) is 3.04. The molecular weight excluding hydrogens is 452 g/mol. The maximum Gasteiger partial charge on any atom is 0.257 e. The minimum absolute atomic E-state index is 0.126. The van der Waals surface area contributed by atoms with Crippen molar-refractivity contribution >= 4 is 27.3 Å². The first-order valence-electron chi connectivity index (χ1n) is 9.92. The van der Waals surface area contributed by atoms with Gasteiger partial charge >= 0.3 is 0 Å². The number of benzene rings is 2. The van der Waals surface area contributed by atoms with Gasteiger partial charge in [-0.2, -0.15) is 0 Å². The number of hydrogen-bond donors (Lipinski definition) is 1. The van der Waals surface area contributed by atoms with E-state index >= 15 is 0 Å². The molecule has 0 fully saturated rings. The first-order valence-corrected chi connectivity index (χ1v) is 11.8. The highest BCUT2D eigenvalue weighted by Gasteiger charge is 2.30. The van der Waals surface area contributed by atoms with E-state index in [-0.39, 0.29) is 18.0 Å². The smallest absolute Gasteiger partial charge is 0.257 e. The van der Waals surface area contributed by atoms with Crippen molar-refractivity contribution in [3.63, 3.8) is 0 Å². The maximum atomic E-state index is 13.4. The molecule has 0 saturated carbocycles. The van der Waals surface area contributed by atoms with Crippen LogP contribution in [0, 0.1) is 0 Å². The molecule has 0 aliphatic carbocycles. The second-order valence-corrected chi connectivity index (χ2v) is 9.34. The minimum atomic E-state index is -3.82. The van der Waals surface area contributed by atoms with Gasteiger partial charge in [0.2, 0.25) is 0 Å². The van der Waals surface area contributed by atoms with Gasteiger partial charge < -0.3 is 14.8 Å². The predicted octanol–water partition coefficient (Wildman–Crippen LogP) is 3.84. The third-order valence-electron chi connectivity index (χ3n) is 4.56. The second-order valence-electron chi connectivity index (χ2n) is 6.77. The van der Waals surface area contributed by atoms with E-state index < -0.39 is 21.0 Å². The number of aromatic nitrogens is 1. The number of carbonyl (C=O) groups is 1. The van der Waals surface area contributed by atoms with Crippen molar-refractivity contribution in [3.05, 3.63) is 83.6 Å². The fourth-order valence-electron chi connectivity index (χ4n) is 2.97. The van der Waals surface area contributed by atoms with E-state index in [1.54, 1.807) is 54.7 Å². The summed E-state index contributed by atoms with van der Waals surface area (Å²) in [6.45, 7) is 1.94. The van der Waals surface area contributed by atoms with Crippen LogP contribution >= 0.6 is 11.6 Å². The van der Waals surface area contributed by atoms with E-state index in [0.29, 0.717) is 28.7 Å². The zero-order valence-electron chi connectivity index (χ0n) is 17.4. The highest BCUT2D eigenvalue weighted by atomic mass is 35.5. The summed E-state index contributed by atoms with van der Waals surface area (Å²) >= 11 is 5.83. The zero-order valence-corrected chi connectivity index (χ0v) is 19.0. The van der Waals surface area contributed by atoms with E-state index in [4.69, 9.17) is 21.1 Å². The van der Waals surface area contributed by atoms with Crippen molar-refractivity contribution in [3.8, 4) is 11.5 Å². The van der Waals surface area contributed by atoms with Gasteiger partial charge in [0.15, 0.2) is 16.4 Å². The van der Waals surface area contributed by atoms with E-state index in [2.05, 4.69) is 10.3 Å². The molecule has 7 nitrogen and oxygen atoms in total. The molecule has 9 heteroatoms. The fourth-order valence-corrected chi connectivity index (χ4v) is 4.74. The van der Waals surface area contributed by atoms with Crippen molar-refractivity contribution in [2.75, 3.05) is 19.8 Å². The molecule has 0 spiro atoms.